The first-order chi connectivity index (χ1) is 9.13. The predicted octanol–water partition coefficient (Wildman–Crippen LogP) is 2.97. The number of benzene rings is 1. The Kier molecular flexibility index (Phi) is 4.99. The molecule has 2 rings (SSSR count). The van der Waals surface area contributed by atoms with E-state index in [1.54, 1.807) is 0 Å². The van der Waals surface area contributed by atoms with Gasteiger partial charge in [0.15, 0.2) is 0 Å². The van der Waals surface area contributed by atoms with Gasteiger partial charge in [-0.25, -0.2) is 0 Å². The average Bonchev–Trinajstić information content (AvgIpc) is 2.87. The second-order valence-corrected chi connectivity index (χ2v) is 6.12. The number of nitrogens with one attached hydrogen (secondary N) is 1. The first kappa shape index (κ1) is 14.5. The molecule has 1 N–H and O–H groups in total. The normalized spacial score (nSPS) is 20.6. The predicted molar refractivity (Wildman–Crippen MR) is 80.9 cm³/mol. The Bertz CT molecular complexity index is 450. The summed E-state index contributed by atoms with van der Waals surface area (Å²) < 4.78 is 1.08. The smallest absolute Gasteiger partial charge is 0.227 e. The lowest BCUT2D eigenvalue weighted by atomic mass is 10.0. The van der Waals surface area contributed by atoms with Crippen LogP contribution in [0.2, 0.25) is 0 Å². The lowest BCUT2D eigenvalue weighted by molar-refractivity contribution is -0.135. The fourth-order valence-electron chi connectivity index (χ4n) is 2.77. The van der Waals surface area contributed by atoms with Gasteiger partial charge < -0.3 is 10.2 Å². The van der Waals surface area contributed by atoms with Gasteiger partial charge in [-0.15, -0.1) is 0 Å². The molecule has 1 aliphatic heterocycles. The van der Waals surface area contributed by atoms with Crippen LogP contribution >= 0.6 is 15.9 Å². The van der Waals surface area contributed by atoms with E-state index >= 15 is 0 Å². The topological polar surface area (TPSA) is 32.3 Å². The van der Waals surface area contributed by atoms with Gasteiger partial charge in [0.25, 0.3) is 0 Å². The van der Waals surface area contributed by atoms with E-state index in [9.17, 15) is 4.79 Å². The Morgan fingerprint density at radius 1 is 1.58 bits per heavy atom. The molecular weight excluding hydrogens is 304 g/mol. The minimum Gasteiger partial charge on any atom is -0.335 e. The van der Waals surface area contributed by atoms with Crippen LogP contribution in [0.1, 0.15) is 31.4 Å². The summed E-state index contributed by atoms with van der Waals surface area (Å²) in [5.74, 6) is 0.301. The number of halogens is 1. The van der Waals surface area contributed by atoms with Gasteiger partial charge in [0.2, 0.25) is 5.91 Å². The molecule has 2 unspecified atom stereocenters. The van der Waals surface area contributed by atoms with Gasteiger partial charge in [-0.1, -0.05) is 35.0 Å². The van der Waals surface area contributed by atoms with Crippen molar-refractivity contribution in [1.82, 2.24) is 10.2 Å². The van der Waals surface area contributed by atoms with Crippen LogP contribution < -0.4 is 5.32 Å². The Morgan fingerprint density at radius 2 is 2.37 bits per heavy atom. The van der Waals surface area contributed by atoms with Crippen LogP contribution in [-0.2, 0) is 4.79 Å². The first-order valence-electron chi connectivity index (χ1n) is 6.84. The third-order valence-electron chi connectivity index (χ3n) is 3.70. The van der Waals surface area contributed by atoms with Crippen LogP contribution in [0, 0.1) is 5.92 Å². The molecule has 0 aliphatic carbocycles. The number of hydrogen-bond donors (Lipinski definition) is 1. The number of carbonyl (C=O) groups is 1. The molecule has 0 aromatic heterocycles. The van der Waals surface area contributed by atoms with Gasteiger partial charge in [-0.05, 0) is 37.6 Å². The van der Waals surface area contributed by atoms with Crippen molar-refractivity contribution in [2.24, 2.45) is 5.92 Å². The average molecular weight is 325 g/mol. The molecule has 3 nitrogen and oxygen atoms in total. The highest BCUT2D eigenvalue weighted by Gasteiger charge is 2.32. The van der Waals surface area contributed by atoms with Crippen molar-refractivity contribution in [3.63, 3.8) is 0 Å². The molecule has 0 spiro atoms. The second kappa shape index (κ2) is 6.53. The van der Waals surface area contributed by atoms with Crippen molar-refractivity contribution in [2.75, 3.05) is 20.1 Å². The summed E-state index contributed by atoms with van der Waals surface area (Å²) in [4.78, 5) is 14.5. The molecule has 0 saturated carbocycles. The van der Waals surface area contributed by atoms with E-state index in [0.29, 0.717) is 0 Å². The van der Waals surface area contributed by atoms with Crippen LogP contribution in [0.5, 0.6) is 0 Å². The molecule has 1 fully saturated rings. The minimum absolute atomic E-state index is 0.0396. The highest BCUT2D eigenvalue weighted by atomic mass is 79.9. The number of likely N-dealkylation sites (tertiary alicyclic amines) is 1. The molecule has 1 aromatic rings. The van der Waals surface area contributed by atoms with E-state index in [1.807, 2.05) is 31.0 Å². The molecule has 0 bridgehead atoms. The van der Waals surface area contributed by atoms with Crippen LogP contribution in [0.4, 0.5) is 0 Å². The summed E-state index contributed by atoms with van der Waals surface area (Å²) in [5, 5.41) is 3.08. The zero-order valence-electron chi connectivity index (χ0n) is 11.5. The summed E-state index contributed by atoms with van der Waals surface area (Å²) in [6.07, 6.45) is 2.16. The van der Waals surface area contributed by atoms with Gasteiger partial charge in [0.1, 0.15) is 0 Å². The number of nitrogens with zero attached hydrogens (tertiary/aromatic N) is 1. The molecule has 2 atom stereocenters. The van der Waals surface area contributed by atoms with Gasteiger partial charge in [0, 0.05) is 23.5 Å². The minimum atomic E-state index is 0.0396. The van der Waals surface area contributed by atoms with E-state index in [1.165, 1.54) is 5.56 Å². The van der Waals surface area contributed by atoms with Crippen molar-refractivity contribution in [3.05, 3.63) is 34.3 Å². The van der Waals surface area contributed by atoms with E-state index in [2.05, 4.69) is 33.4 Å². The van der Waals surface area contributed by atoms with E-state index in [-0.39, 0.29) is 17.9 Å². The molecule has 104 valence electrons. The zero-order chi connectivity index (χ0) is 13.8. The van der Waals surface area contributed by atoms with Gasteiger partial charge in [0.05, 0.1) is 6.04 Å². The monoisotopic (exact) mass is 324 g/mol. The molecule has 1 amide bonds. The molecule has 19 heavy (non-hydrogen) atoms. The summed E-state index contributed by atoms with van der Waals surface area (Å²) in [5.41, 5.74) is 1.23. The van der Waals surface area contributed by atoms with E-state index < -0.39 is 0 Å². The summed E-state index contributed by atoms with van der Waals surface area (Å²) >= 11 is 3.51. The van der Waals surface area contributed by atoms with Crippen LogP contribution in [0.3, 0.4) is 0 Å². The van der Waals surface area contributed by atoms with Crippen LogP contribution in [0.25, 0.3) is 0 Å². The third kappa shape index (κ3) is 3.37. The summed E-state index contributed by atoms with van der Waals surface area (Å²) in [6.45, 7) is 3.61. The highest BCUT2D eigenvalue weighted by molar-refractivity contribution is 9.10. The fraction of sp³-hybridized carbons (Fsp3) is 0.533. The Labute approximate surface area is 123 Å². The number of hydrogen-bond acceptors (Lipinski definition) is 2. The largest absolute Gasteiger partial charge is 0.335 e. The maximum Gasteiger partial charge on any atom is 0.227 e. The first-order valence-corrected chi connectivity index (χ1v) is 7.63. The molecule has 0 radical (unpaired) electrons. The van der Waals surface area contributed by atoms with E-state index in [0.717, 1.165) is 30.4 Å². The number of rotatable bonds is 4. The number of amides is 1. The Morgan fingerprint density at radius 3 is 3.05 bits per heavy atom. The van der Waals surface area contributed by atoms with Crippen molar-refractivity contribution in [3.8, 4) is 0 Å². The maximum atomic E-state index is 12.5. The van der Waals surface area contributed by atoms with Gasteiger partial charge in [-0.2, -0.15) is 0 Å². The third-order valence-corrected chi connectivity index (χ3v) is 4.19. The van der Waals surface area contributed by atoms with Gasteiger partial charge in [-0.3, -0.25) is 4.79 Å². The zero-order valence-corrected chi connectivity index (χ0v) is 13.1. The van der Waals surface area contributed by atoms with E-state index in [4.69, 9.17) is 0 Å². The molecule has 4 heteroatoms. The van der Waals surface area contributed by atoms with Crippen molar-refractivity contribution < 1.29 is 4.79 Å². The van der Waals surface area contributed by atoms with Crippen molar-refractivity contribution in [2.45, 2.75) is 25.8 Å². The SMILES string of the molecule is CNCC(C)C(=O)N1CCCC1c1cccc(Br)c1. The quantitative estimate of drug-likeness (QED) is 0.923. The Balaban J connectivity index is 2.15. The molecular formula is C15H21BrN2O. The standard InChI is InChI=1S/C15H21BrN2O/c1-11(10-17-2)15(19)18-8-4-7-14(18)12-5-3-6-13(16)9-12/h3,5-6,9,11,14,17H,4,7-8,10H2,1-2H3. The summed E-state index contributed by atoms with van der Waals surface area (Å²) in [7, 11) is 1.89. The lowest BCUT2D eigenvalue weighted by Crippen LogP contribution is -2.38. The fourth-order valence-corrected chi connectivity index (χ4v) is 3.18. The molecule has 1 saturated heterocycles. The molecule has 1 heterocycles. The highest BCUT2D eigenvalue weighted by Crippen LogP contribution is 2.33. The Hall–Kier alpha value is -0.870. The van der Waals surface area contributed by atoms with Crippen molar-refractivity contribution in [1.29, 1.82) is 0 Å². The summed E-state index contributed by atoms with van der Waals surface area (Å²) in [6, 6.07) is 8.54. The lowest BCUT2D eigenvalue weighted by Gasteiger charge is -2.28. The maximum absolute atomic E-state index is 12.5. The number of carbonyl (C=O) groups excluding carboxylic acids is 1. The van der Waals surface area contributed by atoms with Gasteiger partial charge >= 0.3 is 0 Å². The molecule has 1 aliphatic rings. The van der Waals surface area contributed by atoms with Crippen molar-refractivity contribution >= 4 is 21.8 Å². The van der Waals surface area contributed by atoms with Crippen LogP contribution in [-0.4, -0.2) is 30.9 Å². The molecule has 1 aromatic carbocycles. The van der Waals surface area contributed by atoms with Crippen LogP contribution in [0.15, 0.2) is 28.7 Å². The second-order valence-electron chi connectivity index (χ2n) is 5.20.